The summed E-state index contributed by atoms with van der Waals surface area (Å²) < 4.78 is 5.17. The van der Waals surface area contributed by atoms with E-state index in [2.05, 4.69) is 10.1 Å². The zero-order valence-corrected chi connectivity index (χ0v) is 11.4. The molecule has 6 heteroatoms. The third kappa shape index (κ3) is 3.02. The fourth-order valence-corrected chi connectivity index (χ4v) is 1.79. The van der Waals surface area contributed by atoms with Crippen molar-refractivity contribution in [3.05, 3.63) is 45.5 Å². The van der Waals surface area contributed by atoms with E-state index in [-0.39, 0.29) is 5.92 Å². The molecule has 0 aliphatic heterocycles. The molecule has 0 spiro atoms. The third-order valence-electron chi connectivity index (χ3n) is 2.62. The van der Waals surface area contributed by atoms with Gasteiger partial charge in [0, 0.05) is 12.5 Å². The van der Waals surface area contributed by atoms with Crippen molar-refractivity contribution in [2.75, 3.05) is 6.54 Å². The number of nitrogens with two attached hydrogens (primary N) is 1. The number of rotatable bonds is 4. The first-order chi connectivity index (χ1) is 8.60. The predicted molar refractivity (Wildman–Crippen MR) is 71.0 cm³/mol. The Morgan fingerprint density at radius 1 is 1.33 bits per heavy atom. The van der Waals surface area contributed by atoms with E-state index in [1.807, 2.05) is 13.0 Å². The van der Waals surface area contributed by atoms with Gasteiger partial charge in [0.25, 0.3) is 0 Å². The molecule has 0 aliphatic rings. The average Bonchev–Trinajstić information content (AvgIpc) is 2.81. The second-order valence-corrected chi connectivity index (χ2v) is 4.92. The van der Waals surface area contributed by atoms with E-state index in [4.69, 9.17) is 33.5 Å². The van der Waals surface area contributed by atoms with Crippen molar-refractivity contribution in [3.63, 3.8) is 0 Å². The highest BCUT2D eigenvalue weighted by molar-refractivity contribution is 6.42. The molecule has 18 heavy (non-hydrogen) atoms. The Balaban J connectivity index is 2.13. The summed E-state index contributed by atoms with van der Waals surface area (Å²) in [6.07, 6.45) is 0.529. The van der Waals surface area contributed by atoms with Crippen molar-refractivity contribution in [3.8, 4) is 0 Å². The number of benzene rings is 1. The van der Waals surface area contributed by atoms with Gasteiger partial charge in [0.1, 0.15) is 0 Å². The summed E-state index contributed by atoms with van der Waals surface area (Å²) in [6, 6.07) is 5.42. The molecule has 0 saturated heterocycles. The van der Waals surface area contributed by atoms with Crippen molar-refractivity contribution in [2.45, 2.75) is 19.3 Å². The van der Waals surface area contributed by atoms with E-state index in [0.717, 1.165) is 5.56 Å². The normalized spacial score (nSPS) is 12.7. The number of aromatic nitrogens is 2. The largest absolute Gasteiger partial charge is 0.339 e. The van der Waals surface area contributed by atoms with Gasteiger partial charge in [-0.1, -0.05) is 41.3 Å². The zero-order chi connectivity index (χ0) is 13.1. The molecular formula is C12H13Cl2N3O. The lowest BCUT2D eigenvalue weighted by Crippen LogP contribution is -2.10. The lowest BCUT2D eigenvalue weighted by atomic mass is 10.1. The van der Waals surface area contributed by atoms with Crippen molar-refractivity contribution < 1.29 is 4.52 Å². The number of hydrogen-bond donors (Lipinski definition) is 1. The SMILES string of the molecule is CC(CN)c1noc(Cc2ccc(Cl)c(Cl)c2)n1. The minimum Gasteiger partial charge on any atom is -0.339 e. The van der Waals surface area contributed by atoms with Gasteiger partial charge < -0.3 is 10.3 Å². The smallest absolute Gasteiger partial charge is 0.231 e. The van der Waals surface area contributed by atoms with Crippen molar-refractivity contribution in [2.24, 2.45) is 5.73 Å². The minimum atomic E-state index is 0.0938. The third-order valence-corrected chi connectivity index (χ3v) is 3.36. The summed E-state index contributed by atoms with van der Waals surface area (Å²) in [4.78, 5) is 4.29. The first kappa shape index (κ1) is 13.3. The van der Waals surface area contributed by atoms with Crippen LogP contribution in [0.5, 0.6) is 0 Å². The standard InChI is InChI=1S/C12H13Cl2N3O/c1-7(6-15)12-16-11(18-17-12)5-8-2-3-9(13)10(14)4-8/h2-4,7H,5-6,15H2,1H3. The number of nitrogens with zero attached hydrogens (tertiary/aromatic N) is 2. The predicted octanol–water partition coefficient (Wildman–Crippen LogP) is 3.03. The molecule has 1 heterocycles. The lowest BCUT2D eigenvalue weighted by molar-refractivity contribution is 0.376. The number of hydrogen-bond acceptors (Lipinski definition) is 4. The maximum atomic E-state index is 5.94. The van der Waals surface area contributed by atoms with E-state index < -0.39 is 0 Å². The Labute approximate surface area is 115 Å². The summed E-state index contributed by atoms with van der Waals surface area (Å²) in [5.74, 6) is 1.27. The summed E-state index contributed by atoms with van der Waals surface area (Å²) in [7, 11) is 0. The maximum Gasteiger partial charge on any atom is 0.231 e. The van der Waals surface area contributed by atoms with E-state index in [0.29, 0.717) is 34.7 Å². The molecule has 96 valence electrons. The van der Waals surface area contributed by atoms with Crippen LogP contribution in [0.1, 0.15) is 30.1 Å². The molecule has 1 unspecified atom stereocenters. The Bertz CT molecular complexity index is 542. The molecule has 1 aromatic carbocycles. The Morgan fingerprint density at radius 2 is 2.11 bits per heavy atom. The maximum absolute atomic E-state index is 5.94. The van der Waals surface area contributed by atoms with E-state index >= 15 is 0 Å². The van der Waals surface area contributed by atoms with Gasteiger partial charge in [-0.25, -0.2) is 0 Å². The van der Waals surface area contributed by atoms with Crippen molar-refractivity contribution in [1.29, 1.82) is 0 Å². The molecule has 0 saturated carbocycles. The lowest BCUT2D eigenvalue weighted by Gasteiger charge is -2.00. The quantitative estimate of drug-likeness (QED) is 0.938. The van der Waals surface area contributed by atoms with Crippen LogP contribution >= 0.6 is 23.2 Å². The first-order valence-electron chi connectivity index (χ1n) is 5.56. The molecule has 4 nitrogen and oxygen atoms in total. The van der Waals surface area contributed by atoms with Crippen LogP contribution < -0.4 is 5.73 Å². The molecule has 0 amide bonds. The topological polar surface area (TPSA) is 64.9 Å². The Morgan fingerprint density at radius 3 is 2.78 bits per heavy atom. The highest BCUT2D eigenvalue weighted by Gasteiger charge is 2.12. The fourth-order valence-electron chi connectivity index (χ4n) is 1.47. The Hall–Kier alpha value is -1.10. The van der Waals surface area contributed by atoms with Crippen LogP contribution in [0.25, 0.3) is 0 Å². The highest BCUT2D eigenvalue weighted by atomic mass is 35.5. The van der Waals surface area contributed by atoms with Crippen LogP contribution in [-0.4, -0.2) is 16.7 Å². The molecule has 0 radical (unpaired) electrons. The molecule has 1 aromatic heterocycles. The van der Waals surface area contributed by atoms with Crippen LogP contribution in [-0.2, 0) is 6.42 Å². The number of halogens is 2. The van der Waals surface area contributed by atoms with Gasteiger partial charge >= 0.3 is 0 Å². The van der Waals surface area contributed by atoms with Crippen LogP contribution in [0.2, 0.25) is 10.0 Å². The van der Waals surface area contributed by atoms with Crippen LogP contribution in [0, 0.1) is 0 Å². The fraction of sp³-hybridized carbons (Fsp3) is 0.333. The van der Waals surface area contributed by atoms with E-state index in [1.165, 1.54) is 0 Å². The van der Waals surface area contributed by atoms with Crippen LogP contribution in [0.4, 0.5) is 0 Å². The van der Waals surface area contributed by atoms with Gasteiger partial charge in [-0.2, -0.15) is 4.98 Å². The first-order valence-corrected chi connectivity index (χ1v) is 6.32. The minimum absolute atomic E-state index is 0.0938. The summed E-state index contributed by atoms with van der Waals surface area (Å²) in [5, 5.41) is 4.95. The molecule has 0 bridgehead atoms. The monoisotopic (exact) mass is 285 g/mol. The molecule has 0 aliphatic carbocycles. The zero-order valence-electron chi connectivity index (χ0n) is 9.86. The van der Waals surface area contributed by atoms with Gasteiger partial charge in [0.15, 0.2) is 5.82 Å². The summed E-state index contributed by atoms with van der Waals surface area (Å²) >= 11 is 11.8. The molecular weight excluding hydrogens is 273 g/mol. The molecule has 2 aromatic rings. The van der Waals surface area contributed by atoms with Crippen molar-refractivity contribution >= 4 is 23.2 Å². The molecule has 1 atom stereocenters. The van der Waals surface area contributed by atoms with Gasteiger partial charge in [0.2, 0.25) is 5.89 Å². The van der Waals surface area contributed by atoms with Gasteiger partial charge in [0.05, 0.1) is 16.5 Å². The molecule has 2 rings (SSSR count). The second kappa shape index (κ2) is 5.69. The van der Waals surface area contributed by atoms with E-state index in [9.17, 15) is 0 Å². The van der Waals surface area contributed by atoms with Crippen LogP contribution in [0.15, 0.2) is 22.7 Å². The Kier molecular flexibility index (Phi) is 4.22. The molecule has 2 N–H and O–H groups in total. The summed E-state index contributed by atoms with van der Waals surface area (Å²) in [5.41, 5.74) is 6.52. The molecule has 0 fully saturated rings. The second-order valence-electron chi connectivity index (χ2n) is 4.11. The summed E-state index contributed by atoms with van der Waals surface area (Å²) in [6.45, 7) is 2.44. The van der Waals surface area contributed by atoms with Gasteiger partial charge in [-0.05, 0) is 17.7 Å². The highest BCUT2D eigenvalue weighted by Crippen LogP contribution is 2.23. The van der Waals surface area contributed by atoms with Crippen LogP contribution in [0.3, 0.4) is 0 Å². The van der Waals surface area contributed by atoms with Crippen molar-refractivity contribution in [1.82, 2.24) is 10.1 Å². The van der Waals surface area contributed by atoms with E-state index in [1.54, 1.807) is 12.1 Å². The average molecular weight is 286 g/mol. The van der Waals surface area contributed by atoms with Gasteiger partial charge in [-0.3, -0.25) is 0 Å². The van der Waals surface area contributed by atoms with Gasteiger partial charge in [-0.15, -0.1) is 0 Å².